The molecule has 168 valence electrons. The third-order valence-electron chi connectivity index (χ3n) is 5.47. The average Bonchev–Trinajstić information content (AvgIpc) is 2.88. The van der Waals surface area contributed by atoms with Gasteiger partial charge in [0.1, 0.15) is 18.0 Å². The van der Waals surface area contributed by atoms with E-state index in [1.54, 1.807) is 80.0 Å². The highest BCUT2D eigenvalue weighted by molar-refractivity contribution is 6.04. The third kappa shape index (κ3) is 3.81. The van der Waals surface area contributed by atoms with Crippen LogP contribution in [0, 0.1) is 0 Å². The minimum atomic E-state index is -0.631. The van der Waals surface area contributed by atoms with E-state index in [-0.39, 0.29) is 23.3 Å². The minimum absolute atomic E-state index is 0.185. The number of aromatic nitrogens is 3. The summed E-state index contributed by atoms with van der Waals surface area (Å²) >= 11 is 0. The molecule has 0 atom stereocenters. The first kappa shape index (κ1) is 21.1. The predicted octanol–water partition coefficient (Wildman–Crippen LogP) is 3.36. The normalized spacial score (nSPS) is 11.0. The molecular formula is C26H19N3O5. The second kappa shape index (κ2) is 8.67. The Hall–Kier alpha value is -4.72. The maximum Gasteiger partial charge on any atom is 0.340 e. The standard InChI is InChI=1S/C26H19N3O5/c1-33-19-11-9-18(10-12-19)29-15-22(20-6-2-3-7-21(20)25(29)31)26(32)34-16-17-14-24(30)28-13-5-4-8-23(28)27-17/h2-15H,16H2,1H3. The second-order valence-electron chi connectivity index (χ2n) is 7.55. The maximum atomic E-state index is 13.1. The lowest BCUT2D eigenvalue weighted by Gasteiger charge is -2.13. The number of carbonyl (C=O) groups is 1. The van der Waals surface area contributed by atoms with Gasteiger partial charge in [0.05, 0.1) is 18.4 Å². The number of carbonyl (C=O) groups excluding carboxylic acids is 1. The zero-order chi connectivity index (χ0) is 23.7. The molecule has 0 spiro atoms. The highest BCUT2D eigenvalue weighted by Crippen LogP contribution is 2.20. The maximum absolute atomic E-state index is 13.1. The number of benzene rings is 2. The molecule has 8 nitrogen and oxygen atoms in total. The Morgan fingerprint density at radius 1 is 0.941 bits per heavy atom. The Balaban J connectivity index is 1.52. The number of pyridine rings is 2. The van der Waals surface area contributed by atoms with E-state index in [1.165, 1.54) is 21.2 Å². The van der Waals surface area contributed by atoms with Crippen LogP contribution in [-0.2, 0) is 11.3 Å². The number of fused-ring (bicyclic) bond motifs is 2. The first-order valence-electron chi connectivity index (χ1n) is 10.5. The molecule has 0 bridgehead atoms. The molecule has 3 heterocycles. The van der Waals surface area contributed by atoms with Crippen molar-refractivity contribution in [3.05, 3.63) is 117 Å². The molecule has 0 unspecified atom stereocenters. The molecule has 0 N–H and O–H groups in total. The summed E-state index contributed by atoms with van der Waals surface area (Å²) in [4.78, 5) is 42.9. The van der Waals surface area contributed by atoms with Gasteiger partial charge < -0.3 is 9.47 Å². The molecule has 0 saturated carbocycles. The molecule has 3 aromatic heterocycles. The Morgan fingerprint density at radius 3 is 2.44 bits per heavy atom. The fourth-order valence-corrected chi connectivity index (χ4v) is 3.78. The van der Waals surface area contributed by atoms with Crippen LogP contribution in [-0.4, -0.2) is 27.0 Å². The van der Waals surface area contributed by atoms with Gasteiger partial charge in [0.25, 0.3) is 11.1 Å². The molecule has 8 heteroatoms. The number of rotatable bonds is 5. The molecule has 0 amide bonds. The van der Waals surface area contributed by atoms with Crippen molar-refractivity contribution in [1.82, 2.24) is 14.0 Å². The Labute approximate surface area is 193 Å². The van der Waals surface area contributed by atoms with Crippen molar-refractivity contribution in [2.24, 2.45) is 0 Å². The Kier molecular flexibility index (Phi) is 5.39. The summed E-state index contributed by atoms with van der Waals surface area (Å²) < 4.78 is 13.5. The van der Waals surface area contributed by atoms with E-state index in [0.717, 1.165) is 0 Å². The first-order valence-corrected chi connectivity index (χ1v) is 10.5. The average molecular weight is 453 g/mol. The summed E-state index contributed by atoms with van der Waals surface area (Å²) in [6, 6.07) is 20.3. The lowest BCUT2D eigenvalue weighted by molar-refractivity contribution is 0.0469. The van der Waals surface area contributed by atoms with Crippen LogP contribution in [0.1, 0.15) is 16.1 Å². The van der Waals surface area contributed by atoms with Crippen molar-refractivity contribution in [2.45, 2.75) is 6.61 Å². The van der Waals surface area contributed by atoms with Crippen molar-refractivity contribution >= 4 is 22.4 Å². The molecule has 5 rings (SSSR count). The summed E-state index contributed by atoms with van der Waals surface area (Å²) in [5.41, 5.74) is 1.06. The van der Waals surface area contributed by atoms with E-state index in [4.69, 9.17) is 9.47 Å². The van der Waals surface area contributed by atoms with Crippen molar-refractivity contribution in [1.29, 1.82) is 0 Å². The van der Waals surface area contributed by atoms with Crippen LogP contribution >= 0.6 is 0 Å². The molecule has 0 aliphatic carbocycles. The van der Waals surface area contributed by atoms with Gasteiger partial charge in [-0.05, 0) is 42.5 Å². The van der Waals surface area contributed by atoms with Gasteiger partial charge in [-0.15, -0.1) is 0 Å². The van der Waals surface area contributed by atoms with Crippen LogP contribution in [0.5, 0.6) is 5.75 Å². The first-order chi connectivity index (χ1) is 16.5. The van der Waals surface area contributed by atoms with Crippen LogP contribution in [0.3, 0.4) is 0 Å². The third-order valence-corrected chi connectivity index (χ3v) is 5.47. The largest absolute Gasteiger partial charge is 0.497 e. The number of ether oxygens (including phenoxy) is 2. The van der Waals surface area contributed by atoms with E-state index in [0.29, 0.717) is 33.6 Å². The lowest BCUT2D eigenvalue weighted by Crippen LogP contribution is -2.21. The fraction of sp³-hybridized carbons (Fsp3) is 0.0769. The lowest BCUT2D eigenvalue weighted by atomic mass is 10.1. The van der Waals surface area contributed by atoms with Gasteiger partial charge >= 0.3 is 5.97 Å². The monoisotopic (exact) mass is 453 g/mol. The molecular weight excluding hydrogens is 434 g/mol. The molecule has 0 fully saturated rings. The molecule has 34 heavy (non-hydrogen) atoms. The van der Waals surface area contributed by atoms with Gasteiger partial charge in [-0.25, -0.2) is 9.78 Å². The SMILES string of the molecule is COc1ccc(-n2cc(C(=O)OCc3cc(=O)n4ccccc4n3)c3ccccc3c2=O)cc1. The number of methoxy groups -OCH3 is 1. The van der Waals surface area contributed by atoms with Gasteiger partial charge in [-0.2, -0.15) is 0 Å². The van der Waals surface area contributed by atoms with Crippen LogP contribution in [0.25, 0.3) is 22.1 Å². The number of hydrogen-bond acceptors (Lipinski definition) is 6. The van der Waals surface area contributed by atoms with Crippen LogP contribution in [0.2, 0.25) is 0 Å². The Bertz CT molecular complexity index is 1650. The molecule has 0 aliphatic heterocycles. The molecule has 2 aromatic carbocycles. The zero-order valence-electron chi connectivity index (χ0n) is 18.2. The van der Waals surface area contributed by atoms with Crippen LogP contribution < -0.4 is 15.9 Å². The van der Waals surface area contributed by atoms with E-state index >= 15 is 0 Å². The number of hydrogen-bond donors (Lipinski definition) is 0. The van der Waals surface area contributed by atoms with Gasteiger partial charge in [0, 0.05) is 34.9 Å². The molecule has 0 saturated heterocycles. The van der Waals surface area contributed by atoms with Crippen LogP contribution in [0.4, 0.5) is 0 Å². The fourth-order valence-electron chi connectivity index (χ4n) is 3.78. The predicted molar refractivity (Wildman–Crippen MR) is 127 cm³/mol. The van der Waals surface area contributed by atoms with E-state index in [2.05, 4.69) is 4.98 Å². The molecule has 5 aromatic rings. The zero-order valence-corrected chi connectivity index (χ0v) is 18.2. The quantitative estimate of drug-likeness (QED) is 0.379. The van der Waals surface area contributed by atoms with Gasteiger partial charge in [0.15, 0.2) is 0 Å². The van der Waals surface area contributed by atoms with Crippen molar-refractivity contribution < 1.29 is 14.3 Å². The van der Waals surface area contributed by atoms with E-state index < -0.39 is 5.97 Å². The summed E-state index contributed by atoms with van der Waals surface area (Å²) in [5.74, 6) is 0.0181. The number of nitrogens with zero attached hydrogens (tertiary/aromatic N) is 3. The Morgan fingerprint density at radius 2 is 1.68 bits per heavy atom. The highest BCUT2D eigenvalue weighted by Gasteiger charge is 2.17. The van der Waals surface area contributed by atoms with Crippen LogP contribution in [0.15, 0.2) is 94.8 Å². The molecule has 0 radical (unpaired) electrons. The van der Waals surface area contributed by atoms with Gasteiger partial charge in [-0.1, -0.05) is 24.3 Å². The summed E-state index contributed by atoms with van der Waals surface area (Å²) in [6.45, 7) is -0.185. The van der Waals surface area contributed by atoms with Crippen molar-refractivity contribution in [3.8, 4) is 11.4 Å². The topological polar surface area (TPSA) is 91.9 Å². The smallest absolute Gasteiger partial charge is 0.340 e. The second-order valence-corrected chi connectivity index (χ2v) is 7.55. The highest BCUT2D eigenvalue weighted by atomic mass is 16.5. The van der Waals surface area contributed by atoms with Crippen molar-refractivity contribution in [3.63, 3.8) is 0 Å². The summed E-state index contributed by atoms with van der Waals surface area (Å²) in [5, 5.41) is 0.864. The minimum Gasteiger partial charge on any atom is -0.497 e. The van der Waals surface area contributed by atoms with Gasteiger partial charge in [0.2, 0.25) is 0 Å². The van der Waals surface area contributed by atoms with E-state index in [1.807, 2.05) is 0 Å². The summed E-state index contributed by atoms with van der Waals surface area (Å²) in [6.07, 6.45) is 3.09. The number of esters is 1. The van der Waals surface area contributed by atoms with E-state index in [9.17, 15) is 14.4 Å². The summed E-state index contributed by atoms with van der Waals surface area (Å²) in [7, 11) is 1.56. The molecule has 0 aliphatic rings. The van der Waals surface area contributed by atoms with Crippen molar-refractivity contribution in [2.75, 3.05) is 7.11 Å². The van der Waals surface area contributed by atoms with Gasteiger partial charge in [-0.3, -0.25) is 18.6 Å².